The van der Waals surface area contributed by atoms with Crippen LogP contribution in [-0.4, -0.2) is 43.6 Å². The smallest absolute Gasteiger partial charge is 0.338 e. The van der Waals surface area contributed by atoms with Gasteiger partial charge in [0.25, 0.3) is 10.0 Å². The summed E-state index contributed by atoms with van der Waals surface area (Å²) in [5.74, 6) is -1.48. The molecule has 8 nitrogen and oxygen atoms in total. The third-order valence-corrected chi connectivity index (χ3v) is 8.10. The molecular weight excluding hydrogens is 468 g/mol. The molecule has 1 unspecified atom stereocenters. The summed E-state index contributed by atoms with van der Waals surface area (Å²) in [6.07, 6.45) is 0.599. The molecule has 2 aromatic carbocycles. The molecule has 1 aromatic heterocycles. The lowest BCUT2D eigenvalue weighted by Gasteiger charge is -2.24. The fourth-order valence-electron chi connectivity index (χ4n) is 4.64. The number of carbonyl (C=O) groups excluding carboxylic acids is 3. The highest BCUT2D eigenvalue weighted by atomic mass is 32.2. The zero-order valence-corrected chi connectivity index (χ0v) is 20.7. The summed E-state index contributed by atoms with van der Waals surface area (Å²) in [5, 5.41) is 0. The molecule has 1 atom stereocenters. The van der Waals surface area contributed by atoms with Crippen molar-refractivity contribution in [3.05, 3.63) is 82.2 Å². The van der Waals surface area contributed by atoms with Crippen LogP contribution in [0.5, 0.6) is 0 Å². The van der Waals surface area contributed by atoms with Crippen LogP contribution in [0, 0.1) is 13.8 Å². The van der Waals surface area contributed by atoms with Crippen LogP contribution >= 0.6 is 0 Å². The van der Waals surface area contributed by atoms with Crippen LogP contribution in [0.2, 0.25) is 0 Å². The summed E-state index contributed by atoms with van der Waals surface area (Å²) in [6, 6.07) is 12.7. The van der Waals surface area contributed by atoms with Crippen molar-refractivity contribution in [2.45, 2.75) is 45.1 Å². The van der Waals surface area contributed by atoms with Gasteiger partial charge in [-0.15, -0.1) is 0 Å². The minimum Gasteiger partial charge on any atom is -0.454 e. The van der Waals surface area contributed by atoms with Gasteiger partial charge < -0.3 is 9.72 Å². The second-order valence-corrected chi connectivity index (χ2v) is 10.5. The van der Waals surface area contributed by atoms with E-state index in [0.29, 0.717) is 28.9 Å². The SMILES string of the molecule is CC(=O)c1c(C)[nH]c(C(=O)COC(=O)c2cccc(S(=O)(=O)N3c4ccccc4CC3C)c2)c1C. The fraction of sp³-hybridized carbons (Fsp3) is 0.269. The first kappa shape index (κ1) is 24.4. The predicted molar refractivity (Wildman–Crippen MR) is 131 cm³/mol. The molecule has 0 radical (unpaired) electrons. The number of benzene rings is 2. The Morgan fingerprint density at radius 3 is 2.49 bits per heavy atom. The van der Waals surface area contributed by atoms with Crippen LogP contribution in [-0.2, 0) is 21.2 Å². The van der Waals surface area contributed by atoms with E-state index in [1.165, 1.54) is 35.5 Å². The molecule has 182 valence electrons. The van der Waals surface area contributed by atoms with E-state index < -0.39 is 28.4 Å². The van der Waals surface area contributed by atoms with Crippen molar-refractivity contribution in [2.75, 3.05) is 10.9 Å². The number of Topliss-reactive ketones (excluding diaryl/α,β-unsaturated/α-hetero) is 2. The Bertz CT molecular complexity index is 1450. The summed E-state index contributed by atoms with van der Waals surface area (Å²) >= 11 is 0. The molecule has 0 amide bonds. The minimum absolute atomic E-state index is 0.0165. The average Bonchev–Trinajstić information content (AvgIpc) is 3.32. The summed E-state index contributed by atoms with van der Waals surface area (Å²) < 4.78 is 33.4. The second-order valence-electron chi connectivity index (χ2n) is 8.69. The van der Waals surface area contributed by atoms with Crippen LogP contribution in [0.25, 0.3) is 0 Å². The van der Waals surface area contributed by atoms with Crippen molar-refractivity contribution in [1.29, 1.82) is 0 Å². The number of aromatic amines is 1. The maximum absolute atomic E-state index is 13.4. The largest absolute Gasteiger partial charge is 0.454 e. The highest BCUT2D eigenvalue weighted by Crippen LogP contribution is 2.36. The summed E-state index contributed by atoms with van der Waals surface area (Å²) in [6.45, 7) is 6.05. The van der Waals surface area contributed by atoms with Crippen molar-refractivity contribution in [3.63, 3.8) is 0 Å². The molecule has 35 heavy (non-hydrogen) atoms. The first-order valence-electron chi connectivity index (χ1n) is 11.1. The Kier molecular flexibility index (Phi) is 6.38. The highest BCUT2D eigenvalue weighted by molar-refractivity contribution is 7.92. The number of aromatic nitrogens is 1. The number of esters is 1. The van der Waals surface area contributed by atoms with Crippen LogP contribution in [0.1, 0.15) is 61.9 Å². The Balaban J connectivity index is 1.53. The summed E-state index contributed by atoms with van der Waals surface area (Å²) in [5.41, 5.74) is 3.31. The fourth-order valence-corrected chi connectivity index (χ4v) is 6.38. The van der Waals surface area contributed by atoms with E-state index in [-0.39, 0.29) is 28.0 Å². The third-order valence-electron chi connectivity index (χ3n) is 6.17. The molecule has 9 heteroatoms. The number of H-pyrrole nitrogens is 1. The van der Waals surface area contributed by atoms with Crippen molar-refractivity contribution in [2.24, 2.45) is 0 Å². The van der Waals surface area contributed by atoms with Crippen molar-refractivity contribution < 1.29 is 27.5 Å². The normalized spacial score (nSPS) is 15.1. The lowest BCUT2D eigenvalue weighted by molar-refractivity contribution is 0.0473. The number of para-hydroxylation sites is 1. The minimum atomic E-state index is -3.93. The average molecular weight is 495 g/mol. The van der Waals surface area contributed by atoms with Crippen LogP contribution < -0.4 is 4.31 Å². The maximum Gasteiger partial charge on any atom is 0.338 e. The van der Waals surface area contributed by atoms with Crippen LogP contribution in [0.15, 0.2) is 53.4 Å². The van der Waals surface area contributed by atoms with Gasteiger partial charge in [-0.25, -0.2) is 13.2 Å². The lowest BCUT2D eigenvalue weighted by atomic mass is 10.1. The van der Waals surface area contributed by atoms with Crippen LogP contribution in [0.4, 0.5) is 5.69 Å². The molecule has 1 N–H and O–H groups in total. The van der Waals surface area contributed by atoms with E-state index in [0.717, 1.165) is 5.56 Å². The van der Waals surface area contributed by atoms with Gasteiger partial charge in [0.2, 0.25) is 5.78 Å². The zero-order valence-electron chi connectivity index (χ0n) is 19.9. The summed E-state index contributed by atoms with van der Waals surface area (Å²) in [7, 11) is -3.93. The standard InChI is InChI=1S/C26H26N2O6S/c1-15-12-19-8-5-6-11-22(19)28(15)35(32,33)21-10-7-9-20(13-21)26(31)34-14-23(30)25-16(2)24(18(4)29)17(3)27-25/h5-11,13,15,27H,12,14H2,1-4H3. The molecule has 1 aliphatic rings. The Morgan fingerprint density at radius 2 is 1.80 bits per heavy atom. The first-order valence-corrected chi connectivity index (χ1v) is 12.6. The van der Waals surface area contributed by atoms with Gasteiger partial charge in [0.15, 0.2) is 12.4 Å². The number of sulfonamides is 1. The van der Waals surface area contributed by atoms with Gasteiger partial charge in [-0.05, 0) is 69.5 Å². The third kappa shape index (κ3) is 4.39. The van der Waals surface area contributed by atoms with E-state index in [9.17, 15) is 22.8 Å². The number of aryl methyl sites for hydroxylation is 1. The molecule has 2 heterocycles. The molecule has 0 fully saturated rings. The number of hydrogen-bond donors (Lipinski definition) is 1. The van der Waals surface area contributed by atoms with Crippen LogP contribution in [0.3, 0.4) is 0 Å². The Hall–Kier alpha value is -3.72. The molecule has 4 rings (SSSR count). The van der Waals surface area contributed by atoms with Gasteiger partial charge in [-0.2, -0.15) is 0 Å². The predicted octanol–water partition coefficient (Wildman–Crippen LogP) is 4.01. The lowest BCUT2D eigenvalue weighted by Crippen LogP contribution is -2.35. The number of carbonyl (C=O) groups is 3. The molecule has 0 aliphatic carbocycles. The zero-order chi connectivity index (χ0) is 25.5. The number of hydrogen-bond acceptors (Lipinski definition) is 6. The monoisotopic (exact) mass is 494 g/mol. The Morgan fingerprint density at radius 1 is 1.09 bits per heavy atom. The van der Waals surface area contributed by atoms with E-state index in [2.05, 4.69) is 4.98 Å². The molecule has 3 aromatic rings. The van der Waals surface area contributed by atoms with E-state index in [1.54, 1.807) is 26.0 Å². The number of nitrogens with one attached hydrogen (secondary N) is 1. The van der Waals surface area contributed by atoms with Gasteiger partial charge in [-0.3, -0.25) is 13.9 Å². The van der Waals surface area contributed by atoms with E-state index in [4.69, 9.17) is 4.74 Å². The molecule has 1 aliphatic heterocycles. The van der Waals surface area contributed by atoms with E-state index in [1.807, 2.05) is 19.1 Å². The second kappa shape index (κ2) is 9.14. The van der Waals surface area contributed by atoms with Gasteiger partial charge >= 0.3 is 5.97 Å². The number of anilines is 1. The van der Waals surface area contributed by atoms with Gasteiger partial charge in [0.1, 0.15) is 0 Å². The Labute approximate surface area is 204 Å². The number of fused-ring (bicyclic) bond motifs is 1. The molecule has 0 saturated heterocycles. The van der Waals surface area contributed by atoms with Gasteiger partial charge in [0, 0.05) is 17.3 Å². The van der Waals surface area contributed by atoms with Gasteiger partial charge in [0.05, 0.1) is 21.8 Å². The number of rotatable bonds is 7. The topological polar surface area (TPSA) is 114 Å². The number of ketones is 2. The maximum atomic E-state index is 13.4. The molecule has 0 bridgehead atoms. The molecular formula is C26H26N2O6S. The number of nitrogens with zero attached hydrogens (tertiary/aromatic N) is 1. The highest BCUT2D eigenvalue weighted by Gasteiger charge is 2.36. The van der Waals surface area contributed by atoms with Crippen molar-refractivity contribution >= 4 is 33.2 Å². The molecule has 0 saturated carbocycles. The van der Waals surface area contributed by atoms with E-state index >= 15 is 0 Å². The quantitative estimate of drug-likeness (QED) is 0.392. The van der Waals surface area contributed by atoms with Gasteiger partial charge in [-0.1, -0.05) is 24.3 Å². The number of ether oxygens (including phenoxy) is 1. The molecule has 0 spiro atoms. The first-order chi connectivity index (χ1) is 16.5. The van der Waals surface area contributed by atoms with Crippen molar-refractivity contribution in [1.82, 2.24) is 4.98 Å². The van der Waals surface area contributed by atoms with Crippen molar-refractivity contribution in [3.8, 4) is 0 Å². The summed E-state index contributed by atoms with van der Waals surface area (Å²) in [4.78, 5) is 39.9.